The highest BCUT2D eigenvalue weighted by atomic mass is 16.6. The Bertz CT molecular complexity index is 594. The highest BCUT2D eigenvalue weighted by Crippen LogP contribution is 2.27. The van der Waals surface area contributed by atoms with Crippen LogP contribution in [0.1, 0.15) is 6.23 Å². The molecule has 1 aliphatic rings. The van der Waals surface area contributed by atoms with Crippen molar-refractivity contribution >= 4 is 5.82 Å². The van der Waals surface area contributed by atoms with Crippen LogP contribution in [0, 0.1) is 0 Å². The molecule has 2 rings (SSSR count). The van der Waals surface area contributed by atoms with Crippen LogP contribution in [0.25, 0.3) is 0 Å². The molecule has 19 heavy (non-hydrogen) atoms. The van der Waals surface area contributed by atoms with Crippen LogP contribution in [0.3, 0.4) is 0 Å². The van der Waals surface area contributed by atoms with E-state index < -0.39 is 54.0 Å². The van der Waals surface area contributed by atoms with Gasteiger partial charge in [0.2, 0.25) is 5.75 Å². The number of H-pyrrole nitrogens is 1. The van der Waals surface area contributed by atoms with Crippen molar-refractivity contribution in [3.63, 3.8) is 0 Å². The zero-order valence-electron chi connectivity index (χ0n) is 9.55. The molecule has 0 aromatic carbocycles. The number of aromatic nitrogens is 2. The summed E-state index contributed by atoms with van der Waals surface area (Å²) in [6, 6.07) is 0. The topological polar surface area (TPSA) is 171 Å². The van der Waals surface area contributed by atoms with Crippen molar-refractivity contribution in [1.29, 1.82) is 0 Å². The monoisotopic (exact) mass is 275 g/mol. The number of ether oxygens (including phenoxy) is 1. The van der Waals surface area contributed by atoms with Crippen molar-refractivity contribution in [3.05, 3.63) is 20.8 Å². The number of rotatable bonds is 2. The summed E-state index contributed by atoms with van der Waals surface area (Å²) in [5.74, 6) is -1.42. The Balaban J connectivity index is 2.53. The molecule has 0 radical (unpaired) electrons. The molecule has 0 amide bonds. The highest BCUT2D eigenvalue weighted by Gasteiger charge is 2.44. The van der Waals surface area contributed by atoms with Crippen molar-refractivity contribution in [1.82, 2.24) is 9.55 Å². The quantitative estimate of drug-likeness (QED) is 0.322. The SMILES string of the molecule is Nc1[nH]c(=O)n([C@@H]2O[C@H](CO)[C@@H](O)[C@H]2O)c(=O)c1O. The minimum atomic E-state index is -1.61. The minimum Gasteiger partial charge on any atom is -0.501 e. The molecule has 7 N–H and O–H groups in total. The van der Waals surface area contributed by atoms with Crippen LogP contribution in [0.2, 0.25) is 0 Å². The third-order valence-electron chi connectivity index (χ3n) is 2.91. The van der Waals surface area contributed by atoms with E-state index >= 15 is 0 Å². The van der Waals surface area contributed by atoms with Gasteiger partial charge in [0.25, 0.3) is 0 Å². The largest absolute Gasteiger partial charge is 0.501 e. The first-order valence-electron chi connectivity index (χ1n) is 5.34. The zero-order valence-corrected chi connectivity index (χ0v) is 9.55. The van der Waals surface area contributed by atoms with E-state index in [9.17, 15) is 24.9 Å². The molecule has 10 nitrogen and oxygen atoms in total. The molecule has 0 bridgehead atoms. The number of nitrogen functional groups attached to an aromatic ring is 1. The Morgan fingerprint density at radius 3 is 2.47 bits per heavy atom. The predicted octanol–water partition coefficient (Wildman–Crippen LogP) is -3.56. The van der Waals surface area contributed by atoms with Crippen LogP contribution in [0.4, 0.5) is 5.82 Å². The van der Waals surface area contributed by atoms with Gasteiger partial charge in [0, 0.05) is 0 Å². The molecule has 10 heteroatoms. The Labute approximate surface area is 105 Å². The molecule has 1 saturated heterocycles. The Kier molecular flexibility index (Phi) is 3.32. The fourth-order valence-corrected chi connectivity index (χ4v) is 1.88. The molecule has 1 aliphatic heterocycles. The number of nitrogens with one attached hydrogen (secondary N) is 1. The van der Waals surface area contributed by atoms with Gasteiger partial charge in [0.1, 0.15) is 18.3 Å². The van der Waals surface area contributed by atoms with Crippen LogP contribution in [-0.4, -0.2) is 54.9 Å². The first kappa shape index (κ1) is 13.5. The summed E-state index contributed by atoms with van der Waals surface area (Å²) in [7, 11) is 0. The number of hydrogen-bond acceptors (Lipinski definition) is 8. The van der Waals surface area contributed by atoms with E-state index in [-0.39, 0.29) is 0 Å². The molecule has 0 saturated carbocycles. The normalized spacial score (nSPS) is 30.7. The second kappa shape index (κ2) is 4.66. The maximum atomic E-state index is 11.7. The van der Waals surface area contributed by atoms with Crippen LogP contribution in [0.15, 0.2) is 9.59 Å². The van der Waals surface area contributed by atoms with E-state index in [4.69, 9.17) is 15.6 Å². The number of nitrogens with two attached hydrogens (primary N) is 1. The average Bonchev–Trinajstić information content (AvgIpc) is 2.64. The second-order valence-electron chi connectivity index (χ2n) is 4.10. The van der Waals surface area contributed by atoms with E-state index in [1.165, 1.54) is 0 Å². The van der Waals surface area contributed by atoms with Crippen LogP contribution in [-0.2, 0) is 4.74 Å². The lowest BCUT2D eigenvalue weighted by Gasteiger charge is -2.16. The van der Waals surface area contributed by atoms with E-state index in [2.05, 4.69) is 0 Å². The zero-order chi connectivity index (χ0) is 14.3. The lowest BCUT2D eigenvalue weighted by Crippen LogP contribution is -2.42. The van der Waals surface area contributed by atoms with Crippen LogP contribution >= 0.6 is 0 Å². The summed E-state index contributed by atoms with van der Waals surface area (Å²) in [4.78, 5) is 25.3. The predicted molar refractivity (Wildman–Crippen MR) is 60.4 cm³/mol. The molecule has 1 aromatic rings. The van der Waals surface area contributed by atoms with Crippen LogP contribution < -0.4 is 17.0 Å². The maximum Gasteiger partial charge on any atom is 0.332 e. The van der Waals surface area contributed by atoms with Gasteiger partial charge in [-0.25, -0.2) is 9.36 Å². The van der Waals surface area contributed by atoms with Gasteiger partial charge >= 0.3 is 11.2 Å². The highest BCUT2D eigenvalue weighted by molar-refractivity contribution is 5.41. The fraction of sp³-hybridized carbons (Fsp3) is 0.556. The van der Waals surface area contributed by atoms with Gasteiger partial charge in [-0.15, -0.1) is 0 Å². The van der Waals surface area contributed by atoms with E-state index in [1.54, 1.807) is 0 Å². The fourth-order valence-electron chi connectivity index (χ4n) is 1.88. The second-order valence-corrected chi connectivity index (χ2v) is 4.10. The minimum absolute atomic E-state index is 0.384. The van der Waals surface area contributed by atoms with Gasteiger partial charge in [-0.1, -0.05) is 0 Å². The number of nitrogens with zero attached hydrogens (tertiary/aromatic N) is 1. The van der Waals surface area contributed by atoms with Crippen molar-refractivity contribution in [3.8, 4) is 5.75 Å². The standard InChI is InChI=1S/C9H13N3O7/c10-6-5(16)7(17)12(9(18)11-6)8-4(15)3(14)2(1-13)19-8/h2-4,8,13-16H,1,10H2,(H,11,18)/t2-,3-,4-,8-/m1/s1. The van der Waals surface area contributed by atoms with Gasteiger partial charge in [0.05, 0.1) is 6.61 Å². The molecule has 1 aromatic heterocycles. The summed E-state index contributed by atoms with van der Waals surface area (Å²) in [6.07, 6.45) is -5.76. The number of aromatic amines is 1. The first-order chi connectivity index (χ1) is 8.88. The van der Waals surface area contributed by atoms with Crippen LogP contribution in [0.5, 0.6) is 5.75 Å². The Morgan fingerprint density at radius 2 is 1.95 bits per heavy atom. The Morgan fingerprint density at radius 1 is 1.32 bits per heavy atom. The number of aromatic hydroxyl groups is 1. The molecule has 1 fully saturated rings. The number of anilines is 1. The molecule has 0 unspecified atom stereocenters. The summed E-state index contributed by atoms with van der Waals surface area (Å²) in [5.41, 5.74) is 3.00. The molecule has 0 aliphatic carbocycles. The molecule has 4 atom stereocenters. The van der Waals surface area contributed by atoms with Crippen molar-refractivity contribution in [2.24, 2.45) is 0 Å². The number of aliphatic hydroxyl groups is 3. The Hall–Kier alpha value is -1.88. The summed E-state index contributed by atoms with van der Waals surface area (Å²) in [5, 5.41) is 37.5. The molecule has 0 spiro atoms. The maximum absolute atomic E-state index is 11.7. The van der Waals surface area contributed by atoms with Crippen molar-refractivity contribution in [2.75, 3.05) is 12.3 Å². The lowest BCUT2D eigenvalue weighted by atomic mass is 10.1. The summed E-state index contributed by atoms with van der Waals surface area (Å²) < 4.78 is 5.40. The van der Waals surface area contributed by atoms with Gasteiger partial charge in [0.15, 0.2) is 12.0 Å². The average molecular weight is 275 g/mol. The third-order valence-corrected chi connectivity index (χ3v) is 2.91. The third kappa shape index (κ3) is 2.00. The van der Waals surface area contributed by atoms with Gasteiger partial charge in [-0.3, -0.25) is 9.78 Å². The van der Waals surface area contributed by atoms with E-state index in [0.717, 1.165) is 0 Å². The molecule has 2 heterocycles. The summed E-state index contributed by atoms with van der Waals surface area (Å²) in [6.45, 7) is -0.609. The van der Waals surface area contributed by atoms with Crippen molar-refractivity contribution in [2.45, 2.75) is 24.5 Å². The van der Waals surface area contributed by atoms with Gasteiger partial charge in [-0.05, 0) is 0 Å². The molecule has 106 valence electrons. The number of hydrogen-bond donors (Lipinski definition) is 6. The van der Waals surface area contributed by atoms with E-state index in [0.29, 0.717) is 4.57 Å². The molecular formula is C9H13N3O7. The smallest absolute Gasteiger partial charge is 0.332 e. The van der Waals surface area contributed by atoms with Gasteiger partial charge in [-0.2, -0.15) is 0 Å². The van der Waals surface area contributed by atoms with Crippen molar-refractivity contribution < 1.29 is 25.2 Å². The lowest BCUT2D eigenvalue weighted by molar-refractivity contribution is -0.0567. The number of aliphatic hydroxyl groups excluding tert-OH is 3. The first-order valence-corrected chi connectivity index (χ1v) is 5.34. The molecular weight excluding hydrogens is 262 g/mol. The van der Waals surface area contributed by atoms with Gasteiger partial charge < -0.3 is 30.9 Å². The summed E-state index contributed by atoms with van der Waals surface area (Å²) >= 11 is 0. The van der Waals surface area contributed by atoms with E-state index in [1.807, 2.05) is 4.98 Å².